The Balaban J connectivity index is 1.58. The van der Waals surface area contributed by atoms with Crippen LogP contribution in [0.25, 0.3) is 0 Å². The van der Waals surface area contributed by atoms with Gasteiger partial charge in [-0.05, 0) is 25.0 Å². The lowest BCUT2D eigenvalue weighted by Crippen LogP contribution is -2.38. The lowest BCUT2D eigenvalue weighted by molar-refractivity contribution is -0.132. The first kappa shape index (κ1) is 15.8. The minimum absolute atomic E-state index is 0.0150. The number of amides is 3. The third-order valence-corrected chi connectivity index (χ3v) is 5.03. The Labute approximate surface area is 137 Å². The molecule has 0 radical (unpaired) electrons. The minimum atomic E-state index is 0.0150. The van der Waals surface area contributed by atoms with E-state index in [9.17, 15) is 9.59 Å². The fourth-order valence-corrected chi connectivity index (χ4v) is 3.57. The van der Waals surface area contributed by atoms with Gasteiger partial charge in [0.1, 0.15) is 0 Å². The highest BCUT2D eigenvalue weighted by molar-refractivity contribution is 5.83. The number of carbonyl (C=O) groups is 2. The van der Waals surface area contributed by atoms with Gasteiger partial charge >= 0.3 is 6.03 Å². The molecule has 1 aliphatic carbocycles. The van der Waals surface area contributed by atoms with Gasteiger partial charge in [0.2, 0.25) is 5.91 Å². The van der Waals surface area contributed by atoms with Crippen LogP contribution in [0.3, 0.4) is 0 Å². The molecule has 1 saturated carbocycles. The maximum atomic E-state index is 12.7. The summed E-state index contributed by atoms with van der Waals surface area (Å²) in [6, 6.07) is 5.78. The molecule has 1 aromatic heterocycles. The largest absolute Gasteiger partial charge is 0.340 e. The van der Waals surface area contributed by atoms with Crippen molar-refractivity contribution in [2.75, 3.05) is 34.2 Å². The number of carbonyl (C=O) groups excluding carboxylic acids is 2. The van der Waals surface area contributed by atoms with E-state index in [4.69, 9.17) is 0 Å². The minimum Gasteiger partial charge on any atom is -0.340 e. The van der Waals surface area contributed by atoms with Gasteiger partial charge in [-0.3, -0.25) is 9.78 Å². The summed E-state index contributed by atoms with van der Waals surface area (Å²) >= 11 is 0. The molecule has 6 nitrogen and oxygen atoms in total. The lowest BCUT2D eigenvalue weighted by atomic mass is 10.0. The average Bonchev–Trinajstić information content (AvgIpc) is 3.06. The molecular formula is C17H24N4O2. The second-order valence-electron chi connectivity index (χ2n) is 6.98. The van der Waals surface area contributed by atoms with Gasteiger partial charge in [0.05, 0.1) is 12.2 Å². The Kier molecular flexibility index (Phi) is 4.00. The van der Waals surface area contributed by atoms with Crippen LogP contribution in [-0.4, -0.2) is 65.9 Å². The zero-order valence-corrected chi connectivity index (χ0v) is 14.0. The first-order valence-electron chi connectivity index (χ1n) is 8.04. The van der Waals surface area contributed by atoms with Crippen molar-refractivity contribution < 1.29 is 9.59 Å². The topological polar surface area (TPSA) is 56.8 Å². The van der Waals surface area contributed by atoms with Gasteiger partial charge in [-0.1, -0.05) is 6.07 Å². The van der Waals surface area contributed by atoms with Crippen molar-refractivity contribution in [2.45, 2.75) is 19.4 Å². The molecular weight excluding hydrogens is 292 g/mol. The van der Waals surface area contributed by atoms with Gasteiger partial charge < -0.3 is 14.7 Å². The smallest absolute Gasteiger partial charge is 0.319 e. The van der Waals surface area contributed by atoms with Gasteiger partial charge in [-0.15, -0.1) is 0 Å². The van der Waals surface area contributed by atoms with Crippen molar-refractivity contribution in [3.8, 4) is 0 Å². The van der Waals surface area contributed by atoms with E-state index in [0.717, 1.165) is 25.1 Å². The number of hydrogen-bond acceptors (Lipinski definition) is 3. The molecule has 124 valence electrons. The average molecular weight is 316 g/mol. The van der Waals surface area contributed by atoms with Crippen molar-refractivity contribution in [3.63, 3.8) is 0 Å². The van der Waals surface area contributed by atoms with Crippen molar-refractivity contribution in [1.82, 2.24) is 19.7 Å². The van der Waals surface area contributed by atoms with Crippen LogP contribution in [0.4, 0.5) is 4.79 Å². The molecule has 0 aromatic carbocycles. The molecule has 1 spiro atoms. The third-order valence-electron chi connectivity index (χ3n) is 5.03. The molecule has 3 amide bonds. The van der Waals surface area contributed by atoms with E-state index >= 15 is 0 Å². The quantitative estimate of drug-likeness (QED) is 0.848. The third kappa shape index (κ3) is 3.02. The predicted octanol–water partition coefficient (Wildman–Crippen LogP) is 1.43. The number of likely N-dealkylation sites (tertiary alicyclic amines) is 1. The van der Waals surface area contributed by atoms with Crippen LogP contribution < -0.4 is 0 Å². The molecule has 1 aliphatic heterocycles. The summed E-state index contributed by atoms with van der Waals surface area (Å²) in [6.07, 6.45) is 3.57. The molecule has 2 fully saturated rings. The van der Waals surface area contributed by atoms with Crippen molar-refractivity contribution in [1.29, 1.82) is 0 Å². The van der Waals surface area contributed by atoms with Gasteiger partial charge in [0, 0.05) is 51.8 Å². The first-order valence-corrected chi connectivity index (χ1v) is 8.04. The molecule has 1 aromatic rings. The van der Waals surface area contributed by atoms with E-state index in [1.807, 2.05) is 30.1 Å². The maximum absolute atomic E-state index is 12.7. The van der Waals surface area contributed by atoms with Crippen LogP contribution in [0.2, 0.25) is 0 Å². The summed E-state index contributed by atoms with van der Waals surface area (Å²) in [5.74, 6) is 0.228. The van der Waals surface area contributed by atoms with Gasteiger partial charge in [0.15, 0.2) is 0 Å². The Morgan fingerprint density at radius 1 is 1.35 bits per heavy atom. The highest BCUT2D eigenvalue weighted by Gasteiger charge is 2.62. The number of nitrogens with zero attached hydrogens (tertiary/aromatic N) is 4. The standard InChI is InChI=1S/C17H24N4O2/c1-19(2)16(23)21-9-7-17(12-21)10-14(17)15(22)20(3)11-13-6-4-5-8-18-13/h4-6,8,14H,7,9-12H2,1-3H3. The lowest BCUT2D eigenvalue weighted by Gasteiger charge is -2.22. The van der Waals surface area contributed by atoms with Crippen LogP contribution >= 0.6 is 0 Å². The van der Waals surface area contributed by atoms with Crippen molar-refractivity contribution in [3.05, 3.63) is 30.1 Å². The Hall–Kier alpha value is -2.11. The molecule has 2 heterocycles. The molecule has 2 aliphatic rings. The molecule has 0 N–H and O–H groups in total. The summed E-state index contributed by atoms with van der Waals surface area (Å²) in [7, 11) is 5.37. The summed E-state index contributed by atoms with van der Waals surface area (Å²) in [5.41, 5.74) is 0.912. The van der Waals surface area contributed by atoms with E-state index in [2.05, 4.69) is 4.98 Å². The second kappa shape index (κ2) is 5.83. The molecule has 0 bridgehead atoms. The molecule has 23 heavy (non-hydrogen) atoms. The highest BCUT2D eigenvalue weighted by atomic mass is 16.2. The number of urea groups is 1. The fraction of sp³-hybridized carbons (Fsp3) is 0.588. The fourth-order valence-electron chi connectivity index (χ4n) is 3.57. The van der Waals surface area contributed by atoms with Crippen LogP contribution in [0.1, 0.15) is 18.5 Å². The Morgan fingerprint density at radius 3 is 2.78 bits per heavy atom. The zero-order chi connectivity index (χ0) is 16.6. The van der Waals surface area contributed by atoms with E-state index in [0.29, 0.717) is 13.1 Å². The first-order chi connectivity index (χ1) is 10.9. The SMILES string of the molecule is CN(C)C(=O)N1CCC2(CC2C(=O)N(C)Cc2ccccn2)C1. The van der Waals surface area contributed by atoms with Crippen LogP contribution in [0.5, 0.6) is 0 Å². The number of aromatic nitrogens is 1. The molecule has 3 rings (SSSR count). The normalized spacial score (nSPS) is 25.5. The monoisotopic (exact) mass is 316 g/mol. The molecule has 2 atom stereocenters. The number of pyridine rings is 1. The Morgan fingerprint density at radius 2 is 2.13 bits per heavy atom. The van der Waals surface area contributed by atoms with E-state index in [1.54, 1.807) is 30.1 Å². The van der Waals surface area contributed by atoms with Crippen LogP contribution in [0.15, 0.2) is 24.4 Å². The predicted molar refractivity (Wildman–Crippen MR) is 86.5 cm³/mol. The summed E-state index contributed by atoms with van der Waals surface area (Å²) < 4.78 is 0. The number of hydrogen-bond donors (Lipinski definition) is 0. The van der Waals surface area contributed by atoms with Gasteiger partial charge in [0.25, 0.3) is 0 Å². The van der Waals surface area contributed by atoms with Crippen molar-refractivity contribution >= 4 is 11.9 Å². The molecule has 1 saturated heterocycles. The second-order valence-corrected chi connectivity index (χ2v) is 6.98. The van der Waals surface area contributed by atoms with E-state index in [1.165, 1.54) is 0 Å². The van der Waals surface area contributed by atoms with Gasteiger partial charge in [-0.25, -0.2) is 4.79 Å². The van der Waals surface area contributed by atoms with Crippen LogP contribution in [-0.2, 0) is 11.3 Å². The Bertz CT molecular complexity index is 604. The summed E-state index contributed by atoms with van der Waals surface area (Å²) in [5, 5.41) is 0. The maximum Gasteiger partial charge on any atom is 0.319 e. The summed E-state index contributed by atoms with van der Waals surface area (Å²) in [4.78, 5) is 34.2. The highest BCUT2D eigenvalue weighted by Crippen LogP contribution is 2.59. The summed E-state index contributed by atoms with van der Waals surface area (Å²) in [6.45, 7) is 2.00. The van der Waals surface area contributed by atoms with E-state index in [-0.39, 0.29) is 23.3 Å². The van der Waals surface area contributed by atoms with Crippen LogP contribution in [0, 0.1) is 11.3 Å². The molecule has 6 heteroatoms. The molecule has 2 unspecified atom stereocenters. The van der Waals surface area contributed by atoms with Gasteiger partial charge in [-0.2, -0.15) is 0 Å². The van der Waals surface area contributed by atoms with E-state index < -0.39 is 0 Å². The zero-order valence-electron chi connectivity index (χ0n) is 14.0. The number of rotatable bonds is 3. The van der Waals surface area contributed by atoms with Crippen molar-refractivity contribution in [2.24, 2.45) is 11.3 Å².